The number of piperidine rings is 1. The minimum atomic E-state index is 0.562. The average Bonchev–Trinajstić information content (AvgIpc) is 2.70. The van der Waals surface area contributed by atoms with E-state index in [-0.39, 0.29) is 0 Å². The highest BCUT2D eigenvalue weighted by Crippen LogP contribution is 2.56. The predicted octanol–water partition coefficient (Wildman–Crippen LogP) is 4.04. The second-order valence-electron chi connectivity index (χ2n) is 7.54. The second-order valence-corrected chi connectivity index (χ2v) is 7.54. The Morgan fingerprint density at radius 2 is 1.89 bits per heavy atom. The normalized spacial score (nSPS) is 33.7. The molecule has 2 unspecified atom stereocenters. The molecule has 0 amide bonds. The summed E-state index contributed by atoms with van der Waals surface area (Å²) in [6.07, 6.45) is 6.93. The highest BCUT2D eigenvalue weighted by atomic mass is 14.9. The molecular weight excluding hydrogens is 230 g/mol. The summed E-state index contributed by atoms with van der Waals surface area (Å²) in [6.45, 7) is 7.36. The third kappa shape index (κ3) is 2.72. The van der Waals surface area contributed by atoms with Crippen molar-refractivity contribution < 1.29 is 0 Å². The zero-order valence-corrected chi connectivity index (χ0v) is 12.4. The van der Waals surface area contributed by atoms with Gasteiger partial charge in [-0.3, -0.25) is 0 Å². The molecule has 2 aliphatic rings. The Hall–Kier alpha value is -0.820. The predicted molar refractivity (Wildman–Crippen MR) is 81.2 cm³/mol. The lowest BCUT2D eigenvalue weighted by atomic mass is 9.66. The van der Waals surface area contributed by atoms with Gasteiger partial charge in [-0.2, -0.15) is 0 Å². The fourth-order valence-corrected chi connectivity index (χ4v) is 4.50. The number of nitrogens with one attached hydrogen (secondary N) is 1. The van der Waals surface area contributed by atoms with E-state index >= 15 is 0 Å². The molecule has 1 aliphatic carbocycles. The van der Waals surface area contributed by atoms with Crippen LogP contribution in [-0.4, -0.2) is 13.1 Å². The summed E-state index contributed by atoms with van der Waals surface area (Å²) in [7, 11) is 0. The molecule has 1 N–H and O–H groups in total. The molecule has 3 rings (SSSR count). The first-order valence-corrected chi connectivity index (χ1v) is 7.84. The quantitative estimate of drug-likeness (QED) is 0.843. The molecule has 19 heavy (non-hydrogen) atoms. The van der Waals surface area contributed by atoms with Gasteiger partial charge in [0, 0.05) is 0 Å². The van der Waals surface area contributed by atoms with Crippen molar-refractivity contribution in [3.05, 3.63) is 35.9 Å². The Kier molecular flexibility index (Phi) is 3.42. The first-order chi connectivity index (χ1) is 9.10. The van der Waals surface area contributed by atoms with Gasteiger partial charge in [0.2, 0.25) is 0 Å². The smallest absolute Gasteiger partial charge is 0.00120 e. The Morgan fingerprint density at radius 3 is 2.58 bits per heavy atom. The van der Waals surface area contributed by atoms with Gasteiger partial charge in [-0.25, -0.2) is 0 Å². The minimum absolute atomic E-state index is 0.562. The van der Waals surface area contributed by atoms with E-state index < -0.39 is 0 Å². The largest absolute Gasteiger partial charge is 0.316 e. The maximum Gasteiger partial charge on any atom is -0.00120 e. The summed E-state index contributed by atoms with van der Waals surface area (Å²) in [5, 5.41) is 3.63. The maximum atomic E-state index is 3.63. The van der Waals surface area contributed by atoms with Crippen molar-refractivity contribution in [3.8, 4) is 0 Å². The van der Waals surface area contributed by atoms with Gasteiger partial charge >= 0.3 is 0 Å². The van der Waals surface area contributed by atoms with Crippen LogP contribution in [0, 0.1) is 16.7 Å². The lowest BCUT2D eigenvalue weighted by Crippen LogP contribution is -2.45. The molecule has 0 bridgehead atoms. The van der Waals surface area contributed by atoms with Crippen LogP contribution in [0.25, 0.3) is 0 Å². The number of benzene rings is 1. The summed E-state index contributed by atoms with van der Waals surface area (Å²) < 4.78 is 0. The van der Waals surface area contributed by atoms with Crippen molar-refractivity contribution in [1.29, 1.82) is 0 Å². The molecular formula is C18H27N. The zero-order valence-electron chi connectivity index (χ0n) is 12.4. The molecule has 0 aromatic heterocycles. The third-order valence-electron chi connectivity index (χ3n) is 5.51. The fourth-order valence-electron chi connectivity index (χ4n) is 4.50. The van der Waals surface area contributed by atoms with Crippen LogP contribution in [0.2, 0.25) is 0 Å². The molecule has 1 aromatic carbocycles. The molecule has 1 aliphatic heterocycles. The van der Waals surface area contributed by atoms with Crippen molar-refractivity contribution in [3.63, 3.8) is 0 Å². The topological polar surface area (TPSA) is 12.0 Å². The summed E-state index contributed by atoms with van der Waals surface area (Å²) in [5.74, 6) is 0.824. The van der Waals surface area contributed by atoms with Gasteiger partial charge in [0.25, 0.3) is 0 Å². The Morgan fingerprint density at radius 1 is 1.11 bits per heavy atom. The summed E-state index contributed by atoms with van der Waals surface area (Å²) in [6, 6.07) is 11.1. The van der Waals surface area contributed by atoms with Crippen LogP contribution in [0.1, 0.15) is 45.1 Å². The number of hydrogen-bond acceptors (Lipinski definition) is 1. The van der Waals surface area contributed by atoms with Gasteiger partial charge in [0.15, 0.2) is 0 Å². The lowest BCUT2D eigenvalue weighted by Gasteiger charge is -2.43. The Labute approximate surface area is 117 Å². The molecule has 2 fully saturated rings. The summed E-state index contributed by atoms with van der Waals surface area (Å²) in [5.41, 5.74) is 2.69. The molecule has 1 heteroatoms. The van der Waals surface area contributed by atoms with Gasteiger partial charge in [-0.1, -0.05) is 44.2 Å². The van der Waals surface area contributed by atoms with Crippen molar-refractivity contribution >= 4 is 0 Å². The third-order valence-corrected chi connectivity index (χ3v) is 5.51. The van der Waals surface area contributed by atoms with Crippen LogP contribution in [0.4, 0.5) is 0 Å². The average molecular weight is 257 g/mol. The minimum Gasteiger partial charge on any atom is -0.316 e. The molecule has 1 saturated carbocycles. The molecule has 104 valence electrons. The van der Waals surface area contributed by atoms with Crippen LogP contribution in [-0.2, 0) is 6.42 Å². The molecule has 1 spiro atoms. The van der Waals surface area contributed by atoms with Crippen LogP contribution in [0.5, 0.6) is 0 Å². The van der Waals surface area contributed by atoms with E-state index in [1.165, 1.54) is 50.8 Å². The Bertz CT molecular complexity index is 423. The second kappa shape index (κ2) is 4.94. The van der Waals surface area contributed by atoms with E-state index in [0.717, 1.165) is 5.92 Å². The maximum absolute atomic E-state index is 3.63. The number of hydrogen-bond donors (Lipinski definition) is 1. The zero-order chi connectivity index (χ0) is 13.3. The highest BCUT2D eigenvalue weighted by molar-refractivity contribution is 5.17. The van der Waals surface area contributed by atoms with Crippen molar-refractivity contribution in [2.24, 2.45) is 16.7 Å². The lowest BCUT2D eigenvalue weighted by molar-refractivity contribution is 0.100. The van der Waals surface area contributed by atoms with E-state index in [9.17, 15) is 0 Å². The molecule has 1 aromatic rings. The van der Waals surface area contributed by atoms with Crippen LogP contribution < -0.4 is 5.32 Å². The van der Waals surface area contributed by atoms with Crippen molar-refractivity contribution in [1.82, 2.24) is 5.32 Å². The molecule has 2 atom stereocenters. The van der Waals surface area contributed by atoms with Crippen LogP contribution in [0.3, 0.4) is 0 Å². The molecule has 1 heterocycles. The van der Waals surface area contributed by atoms with E-state index in [0.29, 0.717) is 10.8 Å². The van der Waals surface area contributed by atoms with E-state index in [1.807, 2.05) is 0 Å². The van der Waals surface area contributed by atoms with E-state index in [4.69, 9.17) is 0 Å². The van der Waals surface area contributed by atoms with Gasteiger partial charge < -0.3 is 5.32 Å². The molecule has 1 saturated heterocycles. The highest BCUT2D eigenvalue weighted by Gasteiger charge is 2.48. The summed E-state index contributed by atoms with van der Waals surface area (Å²) in [4.78, 5) is 0. The van der Waals surface area contributed by atoms with Gasteiger partial charge in [-0.05, 0) is 67.5 Å². The first kappa shape index (κ1) is 13.2. The van der Waals surface area contributed by atoms with Gasteiger partial charge in [0.05, 0.1) is 0 Å². The number of rotatable bonds is 2. The standard InChI is InChI=1S/C18H27N/c1-17(2)8-9-18(14-17)10-11-19-13-16(18)12-15-6-4-3-5-7-15/h3-7,16,19H,8-14H2,1-2H3. The van der Waals surface area contributed by atoms with E-state index in [2.05, 4.69) is 49.5 Å². The van der Waals surface area contributed by atoms with Gasteiger partial charge in [0.1, 0.15) is 0 Å². The fraction of sp³-hybridized carbons (Fsp3) is 0.667. The first-order valence-electron chi connectivity index (χ1n) is 7.84. The monoisotopic (exact) mass is 257 g/mol. The van der Waals surface area contributed by atoms with Crippen molar-refractivity contribution in [2.75, 3.05) is 13.1 Å². The SMILES string of the molecule is CC1(C)CCC2(CCNCC2Cc2ccccc2)C1. The van der Waals surface area contributed by atoms with Crippen LogP contribution in [0.15, 0.2) is 30.3 Å². The molecule has 0 radical (unpaired) electrons. The summed E-state index contributed by atoms with van der Waals surface area (Å²) >= 11 is 0. The van der Waals surface area contributed by atoms with E-state index in [1.54, 1.807) is 0 Å². The van der Waals surface area contributed by atoms with Crippen molar-refractivity contribution in [2.45, 2.75) is 46.0 Å². The van der Waals surface area contributed by atoms with Gasteiger partial charge in [-0.15, -0.1) is 0 Å². The van der Waals surface area contributed by atoms with Crippen LogP contribution >= 0.6 is 0 Å². The molecule has 1 nitrogen and oxygen atoms in total. The Balaban J connectivity index is 1.78.